The summed E-state index contributed by atoms with van der Waals surface area (Å²) in [5.41, 5.74) is 0.762. The van der Waals surface area contributed by atoms with Crippen LogP contribution in [0, 0.1) is 0 Å². The van der Waals surface area contributed by atoms with Gasteiger partial charge in [-0.25, -0.2) is 0 Å². The second-order valence-corrected chi connectivity index (χ2v) is 5.02. The molecular weight excluding hydrogens is 292 g/mol. The zero-order valence-electron chi connectivity index (χ0n) is 10.8. The molecule has 0 saturated heterocycles. The van der Waals surface area contributed by atoms with E-state index in [4.69, 9.17) is 11.6 Å². The van der Waals surface area contributed by atoms with Gasteiger partial charge in [-0.15, -0.1) is 0 Å². The molecule has 0 fully saturated rings. The lowest BCUT2D eigenvalue weighted by molar-refractivity contribution is -0.155. The van der Waals surface area contributed by atoms with Crippen LogP contribution in [0.1, 0.15) is 5.56 Å². The first-order valence-corrected chi connectivity index (χ1v) is 6.57. The van der Waals surface area contributed by atoms with Crippen molar-refractivity contribution >= 4 is 28.9 Å². The SMILES string of the molecule is O=C1N(c2ccc(Cl)cc2)N=C(c2ccccc2)C1(O)O. The number of nitrogens with zero attached hydrogens (tertiary/aromatic N) is 2. The van der Waals surface area contributed by atoms with Gasteiger partial charge in [0.1, 0.15) is 5.71 Å². The van der Waals surface area contributed by atoms with Crippen molar-refractivity contribution < 1.29 is 15.0 Å². The van der Waals surface area contributed by atoms with E-state index in [0.29, 0.717) is 16.3 Å². The van der Waals surface area contributed by atoms with Crippen molar-refractivity contribution in [3.8, 4) is 0 Å². The Labute approximate surface area is 125 Å². The maximum Gasteiger partial charge on any atom is 0.314 e. The molecule has 0 aromatic heterocycles. The van der Waals surface area contributed by atoms with Crippen LogP contribution in [-0.2, 0) is 4.79 Å². The van der Waals surface area contributed by atoms with Crippen molar-refractivity contribution in [2.75, 3.05) is 5.01 Å². The fraction of sp³-hybridized carbons (Fsp3) is 0.0667. The number of hydrazone groups is 1. The Bertz CT molecular complexity index is 711. The number of hydrogen-bond acceptors (Lipinski definition) is 4. The Morgan fingerprint density at radius 3 is 2.24 bits per heavy atom. The van der Waals surface area contributed by atoms with Crippen LogP contribution in [0.3, 0.4) is 0 Å². The summed E-state index contributed by atoms with van der Waals surface area (Å²) in [7, 11) is 0. The van der Waals surface area contributed by atoms with Crippen molar-refractivity contribution in [3.05, 3.63) is 65.2 Å². The second kappa shape index (κ2) is 4.96. The summed E-state index contributed by atoms with van der Waals surface area (Å²) in [5, 5.41) is 25.7. The van der Waals surface area contributed by atoms with E-state index in [-0.39, 0.29) is 5.71 Å². The number of amides is 1. The fourth-order valence-electron chi connectivity index (χ4n) is 2.08. The van der Waals surface area contributed by atoms with E-state index in [9.17, 15) is 15.0 Å². The molecule has 5 nitrogen and oxygen atoms in total. The Morgan fingerprint density at radius 1 is 1.00 bits per heavy atom. The van der Waals surface area contributed by atoms with Crippen LogP contribution in [-0.4, -0.2) is 27.6 Å². The molecule has 0 unspecified atom stereocenters. The Hall–Kier alpha value is -2.21. The average molecular weight is 303 g/mol. The van der Waals surface area contributed by atoms with Gasteiger partial charge < -0.3 is 10.2 Å². The van der Waals surface area contributed by atoms with Crippen LogP contribution in [0.25, 0.3) is 0 Å². The van der Waals surface area contributed by atoms with Gasteiger partial charge in [0, 0.05) is 10.6 Å². The molecule has 2 N–H and O–H groups in total. The summed E-state index contributed by atoms with van der Waals surface area (Å²) < 4.78 is 0. The number of aliphatic hydroxyl groups is 2. The molecule has 3 rings (SSSR count). The molecule has 1 aliphatic heterocycles. The number of rotatable bonds is 2. The molecule has 2 aromatic rings. The molecule has 0 saturated carbocycles. The lowest BCUT2D eigenvalue weighted by atomic mass is 10.0. The predicted octanol–water partition coefficient (Wildman–Crippen LogP) is 1.77. The summed E-state index contributed by atoms with van der Waals surface area (Å²) >= 11 is 5.80. The zero-order valence-corrected chi connectivity index (χ0v) is 11.5. The summed E-state index contributed by atoms with van der Waals surface area (Å²) in [6.45, 7) is 0. The maximum absolute atomic E-state index is 12.2. The Balaban J connectivity index is 2.06. The zero-order chi connectivity index (χ0) is 15.0. The van der Waals surface area contributed by atoms with Crippen LogP contribution in [0.2, 0.25) is 5.02 Å². The van der Waals surface area contributed by atoms with E-state index in [1.807, 2.05) is 0 Å². The number of carbonyl (C=O) groups excluding carboxylic acids is 1. The first-order valence-electron chi connectivity index (χ1n) is 6.19. The van der Waals surface area contributed by atoms with E-state index in [1.54, 1.807) is 54.6 Å². The minimum absolute atomic E-state index is 0.108. The average Bonchev–Trinajstić information content (AvgIpc) is 2.72. The fourth-order valence-corrected chi connectivity index (χ4v) is 2.20. The number of hydrogen-bond donors (Lipinski definition) is 2. The standard InChI is InChI=1S/C15H11ClN2O3/c16-11-6-8-12(9-7-11)18-14(19)15(20,21)13(17-18)10-4-2-1-3-5-10/h1-9,20-21H. The van der Waals surface area contributed by atoms with Crippen LogP contribution in [0.15, 0.2) is 59.7 Å². The number of carbonyl (C=O) groups is 1. The summed E-state index contributed by atoms with van der Waals surface area (Å²) in [4.78, 5) is 12.2. The lowest BCUT2D eigenvalue weighted by Crippen LogP contribution is -2.46. The molecule has 0 bridgehead atoms. The van der Waals surface area contributed by atoms with Crippen molar-refractivity contribution in [1.82, 2.24) is 0 Å². The first-order chi connectivity index (χ1) is 10.00. The molecular formula is C15H11ClN2O3. The lowest BCUT2D eigenvalue weighted by Gasteiger charge is -2.17. The topological polar surface area (TPSA) is 73.1 Å². The molecule has 1 aliphatic rings. The highest BCUT2D eigenvalue weighted by Gasteiger charge is 2.49. The van der Waals surface area contributed by atoms with E-state index < -0.39 is 11.7 Å². The molecule has 1 heterocycles. The van der Waals surface area contributed by atoms with Gasteiger partial charge in [-0.2, -0.15) is 10.1 Å². The summed E-state index contributed by atoms with van der Waals surface area (Å²) in [5.74, 6) is -3.58. The number of benzene rings is 2. The van der Waals surface area contributed by atoms with Crippen LogP contribution in [0.4, 0.5) is 5.69 Å². The highest BCUT2D eigenvalue weighted by atomic mass is 35.5. The molecule has 21 heavy (non-hydrogen) atoms. The normalized spacial score (nSPS) is 17.0. The van der Waals surface area contributed by atoms with Gasteiger partial charge in [-0.05, 0) is 24.3 Å². The molecule has 2 aromatic carbocycles. The molecule has 0 atom stereocenters. The molecule has 106 valence electrons. The van der Waals surface area contributed by atoms with Crippen LogP contribution < -0.4 is 5.01 Å². The molecule has 0 radical (unpaired) electrons. The van der Waals surface area contributed by atoms with Crippen molar-refractivity contribution in [2.45, 2.75) is 5.79 Å². The van der Waals surface area contributed by atoms with Gasteiger partial charge in [0.15, 0.2) is 0 Å². The van der Waals surface area contributed by atoms with Crippen molar-refractivity contribution in [3.63, 3.8) is 0 Å². The second-order valence-electron chi connectivity index (χ2n) is 4.58. The third-order valence-electron chi connectivity index (χ3n) is 3.14. The number of halogens is 1. The molecule has 6 heteroatoms. The van der Waals surface area contributed by atoms with Gasteiger partial charge in [-0.1, -0.05) is 41.9 Å². The summed E-state index contributed by atoms with van der Waals surface area (Å²) in [6.07, 6.45) is 0. The third kappa shape index (κ3) is 2.31. The maximum atomic E-state index is 12.2. The monoisotopic (exact) mass is 302 g/mol. The largest absolute Gasteiger partial charge is 0.353 e. The van der Waals surface area contributed by atoms with E-state index in [2.05, 4.69) is 5.10 Å². The van der Waals surface area contributed by atoms with Gasteiger partial charge in [-0.3, -0.25) is 4.79 Å². The van der Waals surface area contributed by atoms with Gasteiger partial charge in [0.25, 0.3) is 5.79 Å². The molecule has 1 amide bonds. The smallest absolute Gasteiger partial charge is 0.314 e. The molecule has 0 spiro atoms. The van der Waals surface area contributed by atoms with Crippen LogP contribution in [0.5, 0.6) is 0 Å². The van der Waals surface area contributed by atoms with Gasteiger partial charge in [0.2, 0.25) is 0 Å². The predicted molar refractivity (Wildman–Crippen MR) is 79.1 cm³/mol. The number of anilines is 1. The first kappa shape index (κ1) is 13.8. The van der Waals surface area contributed by atoms with Crippen molar-refractivity contribution in [2.24, 2.45) is 5.10 Å². The quantitative estimate of drug-likeness (QED) is 0.830. The van der Waals surface area contributed by atoms with E-state index >= 15 is 0 Å². The highest BCUT2D eigenvalue weighted by molar-refractivity contribution is 6.30. The van der Waals surface area contributed by atoms with Gasteiger partial charge >= 0.3 is 5.91 Å². The Kier molecular flexibility index (Phi) is 3.25. The van der Waals surface area contributed by atoms with E-state index in [1.165, 1.54) is 0 Å². The summed E-state index contributed by atoms with van der Waals surface area (Å²) in [6, 6.07) is 14.9. The minimum atomic E-state index is -2.65. The van der Waals surface area contributed by atoms with Crippen molar-refractivity contribution in [1.29, 1.82) is 0 Å². The van der Waals surface area contributed by atoms with E-state index in [0.717, 1.165) is 5.01 Å². The molecule has 0 aliphatic carbocycles. The Morgan fingerprint density at radius 2 is 1.62 bits per heavy atom. The van der Waals surface area contributed by atoms with Crippen LogP contribution >= 0.6 is 11.6 Å². The highest BCUT2D eigenvalue weighted by Crippen LogP contribution is 2.28. The third-order valence-corrected chi connectivity index (χ3v) is 3.39. The minimum Gasteiger partial charge on any atom is -0.353 e. The van der Waals surface area contributed by atoms with Gasteiger partial charge in [0.05, 0.1) is 5.69 Å².